The summed E-state index contributed by atoms with van der Waals surface area (Å²) in [7, 11) is 0. The highest BCUT2D eigenvalue weighted by Crippen LogP contribution is 2.29. The lowest BCUT2D eigenvalue weighted by molar-refractivity contribution is 0.303. The summed E-state index contributed by atoms with van der Waals surface area (Å²) < 4.78 is 6.18. The van der Waals surface area contributed by atoms with Crippen LogP contribution in [-0.2, 0) is 19.7 Å². The van der Waals surface area contributed by atoms with Crippen molar-refractivity contribution in [3.63, 3.8) is 0 Å². The molecular weight excluding hydrogens is 374 g/mol. The average Bonchev–Trinajstić information content (AvgIpc) is 3.21. The molecule has 0 saturated carbocycles. The first-order valence-corrected chi connectivity index (χ1v) is 10.2. The van der Waals surface area contributed by atoms with Gasteiger partial charge >= 0.3 is 0 Å². The van der Waals surface area contributed by atoms with Gasteiger partial charge in [0.2, 0.25) is 0 Å². The molecule has 2 nitrogen and oxygen atoms in total. The largest absolute Gasteiger partial charge is 0.488 e. The quantitative estimate of drug-likeness (QED) is 0.391. The number of rotatable bonds is 7. The minimum Gasteiger partial charge on any atom is -0.488 e. The van der Waals surface area contributed by atoms with Crippen LogP contribution in [0.25, 0.3) is 10.8 Å². The Hall–Kier alpha value is -2.33. The monoisotopic (exact) mass is 393 g/mol. The molecule has 4 heteroatoms. The van der Waals surface area contributed by atoms with Crippen LogP contribution in [-0.4, -0.2) is 0 Å². The number of halogens is 1. The van der Waals surface area contributed by atoms with Crippen molar-refractivity contribution in [2.75, 3.05) is 0 Å². The molecular formula is C23H20ClNOS. The van der Waals surface area contributed by atoms with E-state index in [1.54, 1.807) is 11.3 Å². The molecule has 0 aliphatic carbocycles. The Morgan fingerprint density at radius 2 is 1.70 bits per heavy atom. The Morgan fingerprint density at radius 1 is 0.852 bits per heavy atom. The van der Waals surface area contributed by atoms with Gasteiger partial charge in [0.05, 0.1) is 0 Å². The third-order valence-electron chi connectivity index (χ3n) is 4.52. The van der Waals surface area contributed by atoms with Gasteiger partial charge in [0.25, 0.3) is 0 Å². The van der Waals surface area contributed by atoms with Crippen molar-refractivity contribution >= 4 is 33.7 Å². The van der Waals surface area contributed by atoms with Gasteiger partial charge in [-0.15, -0.1) is 11.3 Å². The molecule has 0 spiro atoms. The van der Waals surface area contributed by atoms with E-state index in [4.69, 9.17) is 16.3 Å². The lowest BCUT2D eigenvalue weighted by Gasteiger charge is -2.15. The first-order valence-electron chi connectivity index (χ1n) is 8.91. The summed E-state index contributed by atoms with van der Waals surface area (Å²) >= 11 is 8.04. The van der Waals surface area contributed by atoms with Crippen molar-refractivity contribution in [3.8, 4) is 5.75 Å². The highest BCUT2D eigenvalue weighted by Gasteiger charge is 2.10. The smallest absolute Gasteiger partial charge is 0.124 e. The molecule has 0 fully saturated rings. The molecule has 4 rings (SSSR count). The van der Waals surface area contributed by atoms with Crippen LogP contribution in [0.3, 0.4) is 0 Å². The summed E-state index contributed by atoms with van der Waals surface area (Å²) in [6.45, 7) is 2.05. The zero-order valence-electron chi connectivity index (χ0n) is 14.8. The van der Waals surface area contributed by atoms with Gasteiger partial charge in [-0.1, -0.05) is 66.2 Å². The van der Waals surface area contributed by atoms with Gasteiger partial charge in [-0.2, -0.15) is 0 Å². The summed E-state index contributed by atoms with van der Waals surface area (Å²) in [5, 5.41) is 8.82. The highest BCUT2D eigenvalue weighted by atomic mass is 35.5. The third-order valence-corrected chi connectivity index (χ3v) is 5.76. The van der Waals surface area contributed by atoms with Gasteiger partial charge in [-0.3, -0.25) is 0 Å². The number of nitrogens with one attached hydrogen (secondary N) is 1. The lowest BCUT2D eigenvalue weighted by Crippen LogP contribution is -2.13. The van der Waals surface area contributed by atoms with Gasteiger partial charge in [-0.05, 0) is 34.4 Å². The van der Waals surface area contributed by atoms with Crippen LogP contribution in [0.4, 0.5) is 0 Å². The number of ether oxygens (including phenoxy) is 1. The Morgan fingerprint density at radius 3 is 2.56 bits per heavy atom. The Bertz CT molecular complexity index is 1030. The maximum Gasteiger partial charge on any atom is 0.124 e. The minimum atomic E-state index is 0.454. The van der Waals surface area contributed by atoms with Gasteiger partial charge in [0, 0.05) is 34.1 Å². The fourth-order valence-corrected chi connectivity index (χ4v) is 3.99. The summed E-state index contributed by atoms with van der Waals surface area (Å²) in [5.74, 6) is 0.896. The van der Waals surface area contributed by atoms with Crippen molar-refractivity contribution in [1.29, 1.82) is 0 Å². The van der Waals surface area contributed by atoms with E-state index >= 15 is 0 Å². The summed E-state index contributed by atoms with van der Waals surface area (Å²) in [5.41, 5.74) is 2.17. The molecule has 4 aromatic rings. The van der Waals surface area contributed by atoms with Gasteiger partial charge in [0.15, 0.2) is 0 Å². The van der Waals surface area contributed by atoms with E-state index < -0.39 is 0 Å². The van der Waals surface area contributed by atoms with Crippen molar-refractivity contribution in [2.45, 2.75) is 19.7 Å². The maximum atomic E-state index is 6.27. The standard InChI is InChI=1S/C23H20ClNOS/c24-22-10-4-2-7-18(22)16-26-23-12-11-17-6-1-3-9-20(17)21(23)15-25-14-19-8-5-13-27-19/h1-13,25H,14-16H2. The second-order valence-electron chi connectivity index (χ2n) is 6.33. The first-order chi connectivity index (χ1) is 13.3. The lowest BCUT2D eigenvalue weighted by atomic mass is 10.0. The number of benzene rings is 3. The molecule has 0 amide bonds. The number of thiophene rings is 1. The van der Waals surface area contributed by atoms with E-state index in [2.05, 4.69) is 59.2 Å². The van der Waals surface area contributed by atoms with E-state index in [-0.39, 0.29) is 0 Å². The maximum absolute atomic E-state index is 6.27. The van der Waals surface area contributed by atoms with Crippen molar-refractivity contribution in [3.05, 3.63) is 99.2 Å². The summed E-state index contributed by atoms with van der Waals surface area (Å²) in [6, 6.07) is 24.6. The normalized spacial score (nSPS) is 11.0. The zero-order valence-corrected chi connectivity index (χ0v) is 16.4. The molecule has 1 aromatic heterocycles. The van der Waals surface area contributed by atoms with E-state index in [0.29, 0.717) is 6.61 Å². The Balaban J connectivity index is 1.57. The summed E-state index contributed by atoms with van der Waals surface area (Å²) in [6.07, 6.45) is 0. The van der Waals surface area contributed by atoms with E-state index in [1.807, 2.05) is 24.3 Å². The first kappa shape index (κ1) is 18.1. The van der Waals surface area contributed by atoms with Gasteiger partial charge in [-0.25, -0.2) is 0 Å². The molecule has 27 heavy (non-hydrogen) atoms. The number of hydrogen-bond acceptors (Lipinski definition) is 3. The molecule has 1 heterocycles. The second-order valence-corrected chi connectivity index (χ2v) is 7.77. The molecule has 0 aliphatic rings. The summed E-state index contributed by atoms with van der Waals surface area (Å²) in [4.78, 5) is 1.33. The van der Waals surface area contributed by atoms with Crippen LogP contribution in [0.1, 0.15) is 16.0 Å². The van der Waals surface area contributed by atoms with Crippen LogP contribution in [0.2, 0.25) is 5.02 Å². The van der Waals surface area contributed by atoms with Crippen molar-refractivity contribution < 1.29 is 4.74 Å². The van der Waals surface area contributed by atoms with Crippen LogP contribution in [0.15, 0.2) is 78.2 Å². The molecule has 0 aliphatic heterocycles. The number of fused-ring (bicyclic) bond motifs is 1. The minimum absolute atomic E-state index is 0.454. The molecule has 136 valence electrons. The van der Waals surface area contributed by atoms with Gasteiger partial charge < -0.3 is 10.1 Å². The van der Waals surface area contributed by atoms with E-state index in [1.165, 1.54) is 21.2 Å². The topological polar surface area (TPSA) is 21.3 Å². The highest BCUT2D eigenvalue weighted by molar-refractivity contribution is 7.09. The molecule has 0 radical (unpaired) electrons. The molecule has 0 saturated heterocycles. The van der Waals surface area contributed by atoms with E-state index in [0.717, 1.165) is 29.4 Å². The van der Waals surface area contributed by atoms with Crippen LogP contribution >= 0.6 is 22.9 Å². The molecule has 3 aromatic carbocycles. The fourth-order valence-electron chi connectivity index (χ4n) is 3.13. The Kier molecular flexibility index (Phi) is 5.73. The molecule has 1 N–H and O–H groups in total. The third kappa shape index (κ3) is 4.33. The number of hydrogen-bond donors (Lipinski definition) is 1. The van der Waals surface area contributed by atoms with E-state index in [9.17, 15) is 0 Å². The molecule has 0 bridgehead atoms. The van der Waals surface area contributed by atoms with Crippen LogP contribution < -0.4 is 10.1 Å². The fraction of sp³-hybridized carbons (Fsp3) is 0.130. The molecule has 0 unspecified atom stereocenters. The predicted octanol–water partition coefficient (Wildman–Crippen LogP) is 6.42. The zero-order chi connectivity index (χ0) is 18.5. The van der Waals surface area contributed by atoms with Gasteiger partial charge in [0.1, 0.15) is 12.4 Å². The molecule has 0 atom stereocenters. The Labute approximate surface area is 168 Å². The van der Waals surface area contributed by atoms with Crippen molar-refractivity contribution in [1.82, 2.24) is 5.32 Å². The van der Waals surface area contributed by atoms with Crippen LogP contribution in [0.5, 0.6) is 5.75 Å². The van der Waals surface area contributed by atoms with Crippen LogP contribution in [0, 0.1) is 0 Å². The van der Waals surface area contributed by atoms with Crippen molar-refractivity contribution in [2.24, 2.45) is 0 Å². The SMILES string of the molecule is Clc1ccccc1COc1ccc2ccccc2c1CNCc1cccs1. The average molecular weight is 394 g/mol. The second kappa shape index (κ2) is 8.57. The predicted molar refractivity (Wildman–Crippen MR) is 115 cm³/mol.